The first-order chi connectivity index (χ1) is 16.0. The number of hydrogen-bond donors (Lipinski definition) is 0. The molecule has 2 heterocycles. The smallest absolute Gasteiger partial charge is 0.325 e. The predicted molar refractivity (Wildman–Crippen MR) is 129 cm³/mol. The average Bonchev–Trinajstić information content (AvgIpc) is 3.15. The summed E-state index contributed by atoms with van der Waals surface area (Å²) < 4.78 is 7.10. The second-order valence-electron chi connectivity index (χ2n) is 8.36. The van der Waals surface area contributed by atoms with Crippen LogP contribution in [0.5, 0.6) is 0 Å². The van der Waals surface area contributed by atoms with Crippen LogP contribution in [0.3, 0.4) is 0 Å². The molecule has 33 heavy (non-hydrogen) atoms. The molecule has 0 unspecified atom stereocenters. The number of para-hydroxylation sites is 1. The summed E-state index contributed by atoms with van der Waals surface area (Å²) in [7, 11) is 0. The number of piperazine rings is 1. The fraction of sp³-hybridized carbons (Fsp3) is 0.400. The number of anilines is 1. The molecule has 4 rings (SSSR count). The topological polar surface area (TPSA) is 80.8 Å². The number of fused-ring (bicyclic) bond motifs is 1. The van der Waals surface area contributed by atoms with Crippen LogP contribution in [0.25, 0.3) is 10.9 Å². The van der Waals surface area contributed by atoms with Gasteiger partial charge in [0.25, 0.3) is 5.69 Å². The maximum Gasteiger partial charge on any atom is 0.325 e. The van der Waals surface area contributed by atoms with Crippen LogP contribution in [0.2, 0.25) is 0 Å². The second kappa shape index (κ2) is 10.0. The van der Waals surface area contributed by atoms with Gasteiger partial charge in [-0.15, -0.1) is 0 Å². The van der Waals surface area contributed by atoms with Gasteiger partial charge in [-0.25, -0.2) is 0 Å². The van der Waals surface area contributed by atoms with Gasteiger partial charge in [0.15, 0.2) is 0 Å². The lowest BCUT2D eigenvalue weighted by molar-refractivity contribution is -0.385. The predicted octanol–water partition coefficient (Wildman–Crippen LogP) is 3.79. The molecule has 0 N–H and O–H groups in total. The van der Waals surface area contributed by atoms with Gasteiger partial charge < -0.3 is 14.2 Å². The molecular formula is C25H30N4O4. The van der Waals surface area contributed by atoms with Crippen molar-refractivity contribution in [1.82, 2.24) is 9.47 Å². The number of aromatic nitrogens is 1. The molecule has 0 atom stereocenters. The Hall–Kier alpha value is -3.39. The number of nitro benzene ring substituents is 1. The Morgan fingerprint density at radius 1 is 1.09 bits per heavy atom. The average molecular weight is 451 g/mol. The van der Waals surface area contributed by atoms with Gasteiger partial charge in [0, 0.05) is 61.6 Å². The molecule has 8 nitrogen and oxygen atoms in total. The highest BCUT2D eigenvalue weighted by Crippen LogP contribution is 2.29. The Kier molecular flexibility index (Phi) is 6.93. The van der Waals surface area contributed by atoms with E-state index >= 15 is 0 Å². The number of esters is 1. The van der Waals surface area contributed by atoms with Crippen molar-refractivity contribution >= 4 is 28.2 Å². The van der Waals surface area contributed by atoms with Crippen molar-refractivity contribution in [3.8, 4) is 0 Å². The quantitative estimate of drug-likeness (QED) is 0.295. The van der Waals surface area contributed by atoms with Crippen molar-refractivity contribution in [2.75, 3.05) is 44.2 Å². The summed E-state index contributed by atoms with van der Waals surface area (Å²) in [5.74, 6) is -0.225. The van der Waals surface area contributed by atoms with Crippen molar-refractivity contribution in [1.29, 1.82) is 0 Å². The van der Waals surface area contributed by atoms with Crippen molar-refractivity contribution in [3.63, 3.8) is 0 Å². The van der Waals surface area contributed by atoms with Crippen LogP contribution < -0.4 is 4.90 Å². The third-order valence-corrected chi connectivity index (χ3v) is 6.36. The molecule has 0 saturated carbocycles. The molecule has 0 spiro atoms. The number of hydrogen-bond acceptors (Lipinski definition) is 6. The van der Waals surface area contributed by atoms with Crippen LogP contribution in [0.15, 0.2) is 48.7 Å². The van der Waals surface area contributed by atoms with Gasteiger partial charge in [-0.05, 0) is 38.0 Å². The van der Waals surface area contributed by atoms with E-state index in [1.54, 1.807) is 12.1 Å². The Morgan fingerprint density at radius 3 is 2.58 bits per heavy atom. The zero-order valence-electron chi connectivity index (χ0n) is 19.2. The lowest BCUT2D eigenvalue weighted by atomic mass is 10.1. The maximum atomic E-state index is 12.0. The first-order valence-electron chi connectivity index (χ1n) is 11.4. The van der Waals surface area contributed by atoms with Gasteiger partial charge >= 0.3 is 5.97 Å². The third-order valence-electron chi connectivity index (χ3n) is 6.36. The van der Waals surface area contributed by atoms with Crippen LogP contribution in [0, 0.1) is 17.0 Å². The number of nitrogens with zero attached hydrogens (tertiary/aromatic N) is 4. The molecule has 0 amide bonds. The summed E-state index contributed by atoms with van der Waals surface area (Å²) in [6, 6.07) is 13.5. The van der Waals surface area contributed by atoms with Crippen LogP contribution in [-0.4, -0.2) is 59.7 Å². The summed E-state index contributed by atoms with van der Waals surface area (Å²) >= 11 is 0. The molecule has 1 fully saturated rings. The van der Waals surface area contributed by atoms with E-state index in [0.29, 0.717) is 6.61 Å². The molecule has 1 aliphatic rings. The highest BCUT2D eigenvalue weighted by Gasteiger charge is 2.22. The van der Waals surface area contributed by atoms with E-state index in [-0.39, 0.29) is 23.1 Å². The van der Waals surface area contributed by atoms with E-state index in [1.165, 1.54) is 10.9 Å². The minimum Gasteiger partial charge on any atom is -0.465 e. The SMILES string of the molecule is CCOC(=O)Cn1cc(CCN2CCN(c3cccc([N+](=O)[O-])c3C)CC2)c2ccccc21. The number of nitro groups is 1. The highest BCUT2D eigenvalue weighted by atomic mass is 16.6. The lowest BCUT2D eigenvalue weighted by Crippen LogP contribution is -2.47. The molecule has 1 aliphatic heterocycles. The second-order valence-corrected chi connectivity index (χ2v) is 8.36. The molecule has 1 aromatic heterocycles. The van der Waals surface area contributed by atoms with Crippen molar-refractivity contribution in [2.24, 2.45) is 0 Å². The summed E-state index contributed by atoms with van der Waals surface area (Å²) in [4.78, 5) is 27.6. The van der Waals surface area contributed by atoms with Crippen LogP contribution in [-0.2, 0) is 22.5 Å². The van der Waals surface area contributed by atoms with Crippen LogP contribution >= 0.6 is 0 Å². The first-order valence-corrected chi connectivity index (χ1v) is 11.4. The summed E-state index contributed by atoms with van der Waals surface area (Å²) in [6.07, 6.45) is 2.97. The Balaban J connectivity index is 1.39. The minimum atomic E-state index is -0.312. The van der Waals surface area contributed by atoms with Crippen molar-refractivity contribution in [3.05, 3.63) is 69.9 Å². The largest absolute Gasteiger partial charge is 0.465 e. The van der Waals surface area contributed by atoms with E-state index in [1.807, 2.05) is 42.7 Å². The molecule has 0 bridgehead atoms. The van der Waals surface area contributed by atoms with E-state index < -0.39 is 0 Å². The Morgan fingerprint density at radius 2 is 1.85 bits per heavy atom. The fourth-order valence-corrected chi connectivity index (χ4v) is 4.64. The van der Waals surface area contributed by atoms with Gasteiger partial charge in [-0.3, -0.25) is 19.8 Å². The summed E-state index contributed by atoms with van der Waals surface area (Å²) in [5.41, 5.74) is 4.13. The maximum absolute atomic E-state index is 12.0. The molecule has 0 radical (unpaired) electrons. The standard InChI is InChI=1S/C25H30N4O4/c1-3-33-25(30)18-28-17-20(21-7-4-5-8-24(21)28)11-12-26-13-15-27(16-14-26)22-9-6-10-23(19(22)2)29(31)32/h4-10,17H,3,11-16,18H2,1-2H3. The zero-order chi connectivity index (χ0) is 23.4. The molecular weight excluding hydrogens is 420 g/mol. The van der Waals surface area contributed by atoms with Gasteiger partial charge in [-0.1, -0.05) is 24.3 Å². The monoisotopic (exact) mass is 450 g/mol. The summed E-state index contributed by atoms with van der Waals surface area (Å²) in [5, 5.41) is 12.4. The normalized spacial score (nSPS) is 14.5. The highest BCUT2D eigenvalue weighted by molar-refractivity contribution is 5.85. The van der Waals surface area contributed by atoms with Crippen LogP contribution in [0.4, 0.5) is 11.4 Å². The van der Waals surface area contributed by atoms with Gasteiger partial charge in [0.1, 0.15) is 6.54 Å². The third kappa shape index (κ3) is 5.01. The molecule has 1 saturated heterocycles. The Bertz CT molecular complexity index is 1150. The van der Waals surface area contributed by atoms with Crippen molar-refractivity contribution < 1.29 is 14.5 Å². The van der Waals surface area contributed by atoms with Gasteiger partial charge in [-0.2, -0.15) is 0 Å². The van der Waals surface area contributed by atoms with Crippen molar-refractivity contribution in [2.45, 2.75) is 26.8 Å². The van der Waals surface area contributed by atoms with Gasteiger partial charge in [0.05, 0.1) is 17.1 Å². The Labute approximate surface area is 193 Å². The molecule has 2 aromatic carbocycles. The number of carbonyl (C=O) groups is 1. The van der Waals surface area contributed by atoms with E-state index in [4.69, 9.17) is 4.74 Å². The van der Waals surface area contributed by atoms with E-state index in [9.17, 15) is 14.9 Å². The zero-order valence-corrected chi connectivity index (χ0v) is 19.2. The molecule has 3 aromatic rings. The lowest BCUT2D eigenvalue weighted by Gasteiger charge is -2.36. The van der Waals surface area contributed by atoms with E-state index in [0.717, 1.165) is 55.9 Å². The summed E-state index contributed by atoms with van der Waals surface area (Å²) in [6.45, 7) is 8.66. The fourth-order valence-electron chi connectivity index (χ4n) is 4.64. The molecule has 174 valence electrons. The number of ether oxygens (including phenoxy) is 1. The first kappa shape index (κ1) is 22.8. The number of rotatable bonds is 8. The minimum absolute atomic E-state index is 0.175. The number of carbonyl (C=O) groups excluding carboxylic acids is 1. The molecule has 8 heteroatoms. The van der Waals surface area contributed by atoms with E-state index in [2.05, 4.69) is 22.1 Å². The van der Waals surface area contributed by atoms with Gasteiger partial charge in [0.2, 0.25) is 0 Å². The molecule has 0 aliphatic carbocycles. The van der Waals surface area contributed by atoms with Crippen LogP contribution in [0.1, 0.15) is 18.1 Å². The number of benzene rings is 2.